The van der Waals surface area contributed by atoms with Crippen LogP contribution in [0.4, 0.5) is 4.39 Å². The predicted molar refractivity (Wildman–Crippen MR) is 87.1 cm³/mol. The fourth-order valence-corrected chi connectivity index (χ4v) is 2.72. The molecule has 2 nitrogen and oxygen atoms in total. The van der Waals surface area contributed by atoms with Crippen molar-refractivity contribution in [1.29, 1.82) is 0 Å². The molecule has 0 spiro atoms. The van der Waals surface area contributed by atoms with E-state index in [2.05, 4.69) is 28.2 Å². The van der Waals surface area contributed by atoms with Crippen LogP contribution in [0.25, 0.3) is 0 Å². The Balaban J connectivity index is 2.02. The first-order valence-electron chi connectivity index (χ1n) is 6.83. The summed E-state index contributed by atoms with van der Waals surface area (Å²) >= 11 is 3.49. The molecule has 0 aromatic heterocycles. The van der Waals surface area contributed by atoms with Gasteiger partial charge in [0.25, 0.3) is 0 Å². The quantitative estimate of drug-likeness (QED) is 0.838. The van der Waals surface area contributed by atoms with E-state index < -0.39 is 0 Å². The van der Waals surface area contributed by atoms with Gasteiger partial charge in [-0.15, -0.1) is 0 Å². The summed E-state index contributed by atoms with van der Waals surface area (Å²) in [5.41, 5.74) is 2.92. The van der Waals surface area contributed by atoms with Crippen molar-refractivity contribution in [3.05, 3.63) is 63.4 Å². The molecule has 0 aliphatic carbocycles. The summed E-state index contributed by atoms with van der Waals surface area (Å²) in [4.78, 5) is 0. The molecule has 0 amide bonds. The van der Waals surface area contributed by atoms with Gasteiger partial charge in [0.15, 0.2) is 0 Å². The number of halogens is 2. The first-order chi connectivity index (χ1) is 10.0. The van der Waals surface area contributed by atoms with E-state index in [1.807, 2.05) is 30.3 Å². The van der Waals surface area contributed by atoms with Gasteiger partial charge in [-0.05, 0) is 64.7 Å². The first kappa shape index (κ1) is 16.0. The lowest BCUT2D eigenvalue weighted by molar-refractivity contribution is 0.411. The summed E-state index contributed by atoms with van der Waals surface area (Å²) in [5.74, 6) is 0.658. The lowest BCUT2D eigenvalue weighted by Crippen LogP contribution is -2.18. The van der Waals surface area contributed by atoms with Gasteiger partial charge in [0, 0.05) is 12.6 Å². The van der Waals surface area contributed by atoms with Gasteiger partial charge >= 0.3 is 0 Å². The number of rotatable bonds is 5. The van der Waals surface area contributed by atoms with Gasteiger partial charge in [0.1, 0.15) is 11.6 Å². The molecule has 2 rings (SSSR count). The van der Waals surface area contributed by atoms with Gasteiger partial charge in [-0.2, -0.15) is 0 Å². The number of hydrogen-bond acceptors (Lipinski definition) is 2. The molecule has 0 saturated carbocycles. The maximum atomic E-state index is 13.2. The standard InChI is InChI=1S/C17H19BrFNO/c1-11-8-13(4-6-16(11)19)10-20-12(2)14-5-7-17(21-3)15(18)9-14/h4-9,12,20H,10H2,1-3H3. The highest BCUT2D eigenvalue weighted by Crippen LogP contribution is 2.28. The molecule has 0 aliphatic heterocycles. The second-order valence-electron chi connectivity index (χ2n) is 5.08. The molecule has 0 aliphatic rings. The molecular formula is C17H19BrFNO. The minimum atomic E-state index is -0.161. The van der Waals surface area contributed by atoms with Gasteiger partial charge in [-0.3, -0.25) is 0 Å². The van der Waals surface area contributed by atoms with Crippen LogP contribution in [0.3, 0.4) is 0 Å². The van der Waals surface area contributed by atoms with Crippen LogP contribution >= 0.6 is 15.9 Å². The Hall–Kier alpha value is -1.39. The summed E-state index contributed by atoms with van der Waals surface area (Å²) < 4.78 is 19.4. The Labute approximate surface area is 133 Å². The van der Waals surface area contributed by atoms with E-state index in [1.165, 1.54) is 11.6 Å². The van der Waals surface area contributed by atoms with Crippen molar-refractivity contribution >= 4 is 15.9 Å². The number of methoxy groups -OCH3 is 1. The van der Waals surface area contributed by atoms with Crippen molar-refractivity contribution in [3.8, 4) is 5.75 Å². The highest BCUT2D eigenvalue weighted by molar-refractivity contribution is 9.10. The van der Waals surface area contributed by atoms with Crippen LogP contribution in [-0.2, 0) is 6.54 Å². The zero-order chi connectivity index (χ0) is 15.4. The highest BCUT2D eigenvalue weighted by Gasteiger charge is 2.08. The Bertz CT molecular complexity index is 630. The van der Waals surface area contributed by atoms with Crippen molar-refractivity contribution in [1.82, 2.24) is 5.32 Å². The molecule has 2 aromatic carbocycles. The lowest BCUT2D eigenvalue weighted by Gasteiger charge is -2.16. The molecule has 21 heavy (non-hydrogen) atoms. The molecule has 0 bridgehead atoms. The second-order valence-corrected chi connectivity index (χ2v) is 5.93. The van der Waals surface area contributed by atoms with Gasteiger partial charge < -0.3 is 10.1 Å². The van der Waals surface area contributed by atoms with E-state index in [9.17, 15) is 4.39 Å². The predicted octanol–water partition coefficient (Wildman–Crippen LogP) is 4.76. The summed E-state index contributed by atoms with van der Waals surface area (Å²) in [6.45, 7) is 4.58. The zero-order valence-corrected chi connectivity index (χ0v) is 14.0. The normalized spacial score (nSPS) is 12.2. The molecule has 0 saturated heterocycles. The fraction of sp³-hybridized carbons (Fsp3) is 0.294. The van der Waals surface area contributed by atoms with Crippen LogP contribution in [0.2, 0.25) is 0 Å². The van der Waals surface area contributed by atoms with E-state index in [1.54, 1.807) is 14.0 Å². The van der Waals surface area contributed by atoms with Crippen molar-refractivity contribution in [2.24, 2.45) is 0 Å². The first-order valence-corrected chi connectivity index (χ1v) is 7.62. The van der Waals surface area contributed by atoms with Crippen molar-refractivity contribution in [2.45, 2.75) is 26.4 Å². The van der Waals surface area contributed by atoms with Crippen LogP contribution in [-0.4, -0.2) is 7.11 Å². The maximum absolute atomic E-state index is 13.2. The largest absolute Gasteiger partial charge is 0.496 e. The summed E-state index contributed by atoms with van der Waals surface area (Å²) in [6.07, 6.45) is 0. The third-order valence-electron chi connectivity index (χ3n) is 3.51. The van der Waals surface area contributed by atoms with Gasteiger partial charge in [0.2, 0.25) is 0 Å². The molecule has 2 aromatic rings. The maximum Gasteiger partial charge on any atom is 0.133 e. The van der Waals surface area contributed by atoms with E-state index in [4.69, 9.17) is 4.74 Å². The average molecular weight is 352 g/mol. The number of hydrogen-bond donors (Lipinski definition) is 1. The Morgan fingerprint density at radius 1 is 1.24 bits per heavy atom. The Morgan fingerprint density at radius 2 is 2.00 bits per heavy atom. The minimum absolute atomic E-state index is 0.161. The Morgan fingerprint density at radius 3 is 2.62 bits per heavy atom. The van der Waals surface area contributed by atoms with Crippen molar-refractivity contribution in [3.63, 3.8) is 0 Å². The summed E-state index contributed by atoms with van der Waals surface area (Å²) in [5, 5.41) is 3.44. The van der Waals surface area contributed by atoms with Gasteiger partial charge in [-0.25, -0.2) is 4.39 Å². The molecule has 0 heterocycles. The SMILES string of the molecule is COc1ccc(C(C)NCc2ccc(F)c(C)c2)cc1Br. The number of benzene rings is 2. The third-order valence-corrected chi connectivity index (χ3v) is 4.13. The highest BCUT2D eigenvalue weighted by atomic mass is 79.9. The number of ether oxygens (including phenoxy) is 1. The van der Waals surface area contributed by atoms with Crippen LogP contribution in [0.1, 0.15) is 29.7 Å². The molecule has 0 radical (unpaired) electrons. The molecule has 1 unspecified atom stereocenters. The minimum Gasteiger partial charge on any atom is -0.496 e. The lowest BCUT2D eigenvalue weighted by atomic mass is 10.1. The third kappa shape index (κ3) is 4.05. The van der Waals surface area contributed by atoms with Crippen molar-refractivity contribution < 1.29 is 9.13 Å². The van der Waals surface area contributed by atoms with Crippen LogP contribution in [0.15, 0.2) is 40.9 Å². The monoisotopic (exact) mass is 351 g/mol. The van der Waals surface area contributed by atoms with E-state index >= 15 is 0 Å². The fourth-order valence-electron chi connectivity index (χ4n) is 2.16. The van der Waals surface area contributed by atoms with E-state index in [-0.39, 0.29) is 11.9 Å². The average Bonchev–Trinajstić information content (AvgIpc) is 2.48. The molecular weight excluding hydrogens is 333 g/mol. The van der Waals surface area contributed by atoms with Crippen LogP contribution in [0, 0.1) is 12.7 Å². The molecule has 0 fully saturated rings. The van der Waals surface area contributed by atoms with Crippen molar-refractivity contribution in [2.75, 3.05) is 7.11 Å². The zero-order valence-electron chi connectivity index (χ0n) is 12.4. The smallest absolute Gasteiger partial charge is 0.133 e. The summed E-state index contributed by atoms with van der Waals surface area (Å²) in [6, 6.07) is 11.4. The molecule has 1 N–H and O–H groups in total. The van der Waals surface area contributed by atoms with E-state index in [0.717, 1.165) is 15.8 Å². The molecule has 4 heteroatoms. The van der Waals surface area contributed by atoms with E-state index in [0.29, 0.717) is 12.1 Å². The molecule has 1 atom stereocenters. The molecule has 112 valence electrons. The van der Waals surface area contributed by atoms with Crippen LogP contribution < -0.4 is 10.1 Å². The topological polar surface area (TPSA) is 21.3 Å². The summed E-state index contributed by atoms with van der Waals surface area (Å²) in [7, 11) is 1.65. The van der Waals surface area contributed by atoms with Gasteiger partial charge in [0.05, 0.1) is 11.6 Å². The van der Waals surface area contributed by atoms with Gasteiger partial charge in [-0.1, -0.05) is 18.2 Å². The Kier molecular flexibility index (Phi) is 5.37. The number of nitrogens with one attached hydrogen (secondary N) is 1. The number of aryl methyl sites for hydroxylation is 1. The van der Waals surface area contributed by atoms with Crippen LogP contribution in [0.5, 0.6) is 5.75 Å². The second kappa shape index (κ2) is 7.05.